The van der Waals surface area contributed by atoms with Gasteiger partial charge in [0.1, 0.15) is 0 Å². The number of nitrogens with zero attached hydrogens (tertiary/aromatic N) is 3. The average molecular weight is 345 g/mol. The molecule has 1 atom stereocenters. The van der Waals surface area contributed by atoms with Crippen LogP contribution in [0.5, 0.6) is 0 Å². The SMILES string of the molecule is Cc1cccc(C(CN=C(N)N2CCC(C)CC2)N2CCOCC2)c1. The zero-order chi connectivity index (χ0) is 17.6. The first-order valence-corrected chi connectivity index (χ1v) is 9.56. The molecule has 2 saturated heterocycles. The first-order chi connectivity index (χ1) is 12.1. The molecular weight excluding hydrogens is 312 g/mol. The Morgan fingerprint density at radius 2 is 1.96 bits per heavy atom. The number of rotatable bonds is 4. The van der Waals surface area contributed by atoms with Gasteiger partial charge in [-0.1, -0.05) is 36.8 Å². The van der Waals surface area contributed by atoms with Crippen molar-refractivity contribution in [3.05, 3.63) is 35.4 Å². The monoisotopic (exact) mass is 344 g/mol. The molecular formula is C20H32N4O. The van der Waals surface area contributed by atoms with Gasteiger partial charge in [-0.2, -0.15) is 0 Å². The summed E-state index contributed by atoms with van der Waals surface area (Å²) in [5, 5.41) is 0. The lowest BCUT2D eigenvalue weighted by Gasteiger charge is -2.35. The third kappa shape index (κ3) is 4.95. The van der Waals surface area contributed by atoms with Crippen LogP contribution < -0.4 is 5.73 Å². The number of nitrogens with two attached hydrogens (primary N) is 1. The summed E-state index contributed by atoms with van der Waals surface area (Å²) in [5.74, 6) is 1.51. The summed E-state index contributed by atoms with van der Waals surface area (Å²) in [6.07, 6.45) is 2.42. The lowest BCUT2D eigenvalue weighted by atomic mass is 9.99. The first kappa shape index (κ1) is 18.2. The summed E-state index contributed by atoms with van der Waals surface area (Å²) in [6.45, 7) is 10.7. The molecule has 5 heteroatoms. The van der Waals surface area contributed by atoms with Crippen LogP contribution in [0.15, 0.2) is 29.3 Å². The second-order valence-corrected chi connectivity index (χ2v) is 7.45. The third-order valence-electron chi connectivity index (χ3n) is 5.45. The summed E-state index contributed by atoms with van der Waals surface area (Å²) in [6, 6.07) is 9.03. The van der Waals surface area contributed by atoms with Crippen LogP contribution in [-0.2, 0) is 4.74 Å². The lowest BCUT2D eigenvalue weighted by molar-refractivity contribution is 0.0179. The topological polar surface area (TPSA) is 54.1 Å². The number of benzene rings is 1. The highest BCUT2D eigenvalue weighted by Crippen LogP contribution is 2.23. The molecule has 2 fully saturated rings. The van der Waals surface area contributed by atoms with Gasteiger partial charge in [-0.15, -0.1) is 0 Å². The minimum atomic E-state index is 0.270. The number of likely N-dealkylation sites (tertiary alicyclic amines) is 1. The van der Waals surface area contributed by atoms with Gasteiger partial charge in [0.05, 0.1) is 25.8 Å². The molecule has 1 unspecified atom stereocenters. The first-order valence-electron chi connectivity index (χ1n) is 9.56. The van der Waals surface area contributed by atoms with Gasteiger partial charge in [0.15, 0.2) is 5.96 Å². The molecule has 0 aliphatic carbocycles. The summed E-state index contributed by atoms with van der Waals surface area (Å²) < 4.78 is 5.53. The molecule has 138 valence electrons. The molecule has 0 radical (unpaired) electrons. The number of hydrogen-bond donors (Lipinski definition) is 1. The number of aryl methyl sites for hydroxylation is 1. The number of ether oxygens (including phenoxy) is 1. The van der Waals surface area contributed by atoms with Gasteiger partial charge in [0, 0.05) is 26.2 Å². The van der Waals surface area contributed by atoms with Crippen LogP contribution in [0.3, 0.4) is 0 Å². The standard InChI is InChI=1S/C20H32N4O/c1-16-6-8-24(9-7-16)20(21)22-15-19(23-10-12-25-13-11-23)18-5-3-4-17(2)14-18/h3-5,14,16,19H,6-13,15H2,1-2H3,(H2,21,22). The van der Waals surface area contributed by atoms with Crippen LogP contribution in [-0.4, -0.2) is 61.7 Å². The molecule has 2 aliphatic rings. The van der Waals surface area contributed by atoms with Gasteiger partial charge in [0.2, 0.25) is 0 Å². The quantitative estimate of drug-likeness (QED) is 0.673. The van der Waals surface area contributed by atoms with Crippen molar-refractivity contribution in [2.45, 2.75) is 32.7 Å². The van der Waals surface area contributed by atoms with E-state index in [0.717, 1.165) is 45.3 Å². The van der Waals surface area contributed by atoms with E-state index in [9.17, 15) is 0 Å². The Labute approximate surface area is 151 Å². The Bertz CT molecular complexity index is 575. The summed E-state index contributed by atoms with van der Waals surface area (Å²) in [5.41, 5.74) is 8.93. The predicted molar refractivity (Wildman–Crippen MR) is 103 cm³/mol. The van der Waals surface area contributed by atoms with E-state index in [2.05, 4.69) is 47.9 Å². The van der Waals surface area contributed by atoms with Crippen molar-refractivity contribution in [1.82, 2.24) is 9.80 Å². The van der Waals surface area contributed by atoms with Gasteiger partial charge in [-0.25, -0.2) is 0 Å². The number of piperidine rings is 1. The van der Waals surface area contributed by atoms with Crippen molar-refractivity contribution >= 4 is 5.96 Å². The van der Waals surface area contributed by atoms with E-state index in [1.807, 2.05) is 0 Å². The Morgan fingerprint density at radius 1 is 1.24 bits per heavy atom. The van der Waals surface area contributed by atoms with Crippen LogP contribution in [0.4, 0.5) is 0 Å². The molecule has 1 aromatic carbocycles. The minimum Gasteiger partial charge on any atom is -0.379 e. The van der Waals surface area contributed by atoms with Crippen molar-refractivity contribution < 1.29 is 4.74 Å². The number of guanidine groups is 1. The fourth-order valence-corrected chi connectivity index (χ4v) is 3.72. The maximum Gasteiger partial charge on any atom is 0.191 e. The van der Waals surface area contributed by atoms with Crippen molar-refractivity contribution in [2.24, 2.45) is 16.6 Å². The molecule has 2 N–H and O–H groups in total. The maximum atomic E-state index is 6.31. The molecule has 2 heterocycles. The third-order valence-corrected chi connectivity index (χ3v) is 5.45. The van der Waals surface area contributed by atoms with E-state index >= 15 is 0 Å². The van der Waals surface area contributed by atoms with E-state index in [4.69, 9.17) is 15.5 Å². The zero-order valence-electron chi connectivity index (χ0n) is 15.7. The molecule has 0 aromatic heterocycles. The molecule has 0 amide bonds. The van der Waals surface area contributed by atoms with Gasteiger partial charge in [0.25, 0.3) is 0 Å². The molecule has 5 nitrogen and oxygen atoms in total. The van der Waals surface area contributed by atoms with Crippen molar-refractivity contribution in [1.29, 1.82) is 0 Å². The van der Waals surface area contributed by atoms with E-state index in [1.54, 1.807) is 0 Å². The second-order valence-electron chi connectivity index (χ2n) is 7.45. The fourth-order valence-electron chi connectivity index (χ4n) is 3.72. The van der Waals surface area contributed by atoms with E-state index in [1.165, 1.54) is 24.0 Å². The van der Waals surface area contributed by atoms with E-state index in [0.29, 0.717) is 12.5 Å². The van der Waals surface area contributed by atoms with Gasteiger partial charge in [-0.3, -0.25) is 9.89 Å². The minimum absolute atomic E-state index is 0.270. The van der Waals surface area contributed by atoms with Crippen LogP contribution in [0.25, 0.3) is 0 Å². The molecule has 25 heavy (non-hydrogen) atoms. The van der Waals surface area contributed by atoms with Crippen molar-refractivity contribution in [2.75, 3.05) is 45.9 Å². The van der Waals surface area contributed by atoms with Gasteiger partial charge >= 0.3 is 0 Å². The molecule has 3 rings (SSSR count). The van der Waals surface area contributed by atoms with Crippen LogP contribution >= 0.6 is 0 Å². The fraction of sp³-hybridized carbons (Fsp3) is 0.650. The number of hydrogen-bond acceptors (Lipinski definition) is 3. The van der Waals surface area contributed by atoms with Gasteiger partial charge in [-0.05, 0) is 31.2 Å². The lowest BCUT2D eigenvalue weighted by Crippen LogP contribution is -2.44. The van der Waals surface area contributed by atoms with E-state index in [-0.39, 0.29) is 6.04 Å². The molecule has 0 bridgehead atoms. The highest BCUT2D eigenvalue weighted by molar-refractivity contribution is 5.78. The number of aliphatic imine (C=N–C) groups is 1. The highest BCUT2D eigenvalue weighted by atomic mass is 16.5. The van der Waals surface area contributed by atoms with Crippen molar-refractivity contribution in [3.63, 3.8) is 0 Å². The number of morpholine rings is 1. The highest BCUT2D eigenvalue weighted by Gasteiger charge is 2.23. The van der Waals surface area contributed by atoms with Crippen LogP contribution in [0.2, 0.25) is 0 Å². The Balaban J connectivity index is 1.71. The summed E-state index contributed by atoms with van der Waals surface area (Å²) in [4.78, 5) is 9.51. The molecule has 1 aromatic rings. The van der Waals surface area contributed by atoms with Gasteiger partial charge < -0.3 is 15.4 Å². The summed E-state index contributed by atoms with van der Waals surface area (Å²) in [7, 11) is 0. The Morgan fingerprint density at radius 3 is 2.64 bits per heavy atom. The Hall–Kier alpha value is -1.59. The smallest absolute Gasteiger partial charge is 0.191 e. The van der Waals surface area contributed by atoms with E-state index < -0.39 is 0 Å². The zero-order valence-corrected chi connectivity index (χ0v) is 15.7. The largest absolute Gasteiger partial charge is 0.379 e. The van der Waals surface area contributed by atoms with Crippen LogP contribution in [0.1, 0.15) is 36.9 Å². The average Bonchev–Trinajstić information content (AvgIpc) is 2.63. The molecule has 2 aliphatic heterocycles. The predicted octanol–water partition coefficient (Wildman–Crippen LogP) is 2.41. The molecule has 0 spiro atoms. The van der Waals surface area contributed by atoms with Crippen molar-refractivity contribution in [3.8, 4) is 0 Å². The normalized spacial score (nSPS) is 22.2. The van der Waals surface area contributed by atoms with Crippen LogP contribution in [0, 0.1) is 12.8 Å². The Kier molecular flexibility index (Phi) is 6.32. The molecule has 0 saturated carbocycles. The second kappa shape index (κ2) is 8.68. The maximum absolute atomic E-state index is 6.31. The summed E-state index contributed by atoms with van der Waals surface area (Å²) >= 11 is 0.